The van der Waals surface area contributed by atoms with Crippen molar-refractivity contribution in [1.82, 2.24) is 18.9 Å². The number of aromatic nitrogens is 4. The van der Waals surface area contributed by atoms with Crippen molar-refractivity contribution in [1.29, 1.82) is 0 Å². The lowest BCUT2D eigenvalue weighted by Gasteiger charge is -2.24. The van der Waals surface area contributed by atoms with Crippen LogP contribution < -0.4 is 11.2 Å². The Bertz CT molecular complexity index is 735. The minimum atomic E-state index is -0.551. The monoisotopic (exact) mass is 276 g/mol. The first-order chi connectivity index (χ1) is 9.14. The Kier molecular flexibility index (Phi) is 3.20. The van der Waals surface area contributed by atoms with Gasteiger partial charge >= 0.3 is 5.69 Å². The minimum absolute atomic E-state index is 0.251. The van der Waals surface area contributed by atoms with E-state index in [2.05, 4.69) is 5.10 Å². The third kappa shape index (κ3) is 2.11. The topological polar surface area (TPSA) is 61.8 Å². The van der Waals surface area contributed by atoms with Crippen LogP contribution in [-0.2, 0) is 19.6 Å². The maximum absolute atomic E-state index is 12.5. The van der Waals surface area contributed by atoms with E-state index in [0.29, 0.717) is 11.3 Å². The zero-order valence-corrected chi connectivity index (χ0v) is 12.8. The van der Waals surface area contributed by atoms with Crippen molar-refractivity contribution < 1.29 is 0 Å². The highest BCUT2D eigenvalue weighted by atomic mass is 16.2. The second-order valence-corrected chi connectivity index (χ2v) is 6.03. The largest absolute Gasteiger partial charge is 0.331 e. The molecular weight excluding hydrogens is 256 g/mol. The van der Waals surface area contributed by atoms with Crippen LogP contribution in [0.25, 0.3) is 11.3 Å². The van der Waals surface area contributed by atoms with Gasteiger partial charge in [-0.15, -0.1) is 0 Å². The lowest BCUT2D eigenvalue weighted by atomic mass is 10.1. The van der Waals surface area contributed by atoms with Crippen LogP contribution in [0, 0.1) is 6.92 Å². The standard InChI is InChI=1S/C14H20N4O2/c1-9-11(10-7-15-16(5)8-10)17(6)13(20)18(12(9)19)14(2,3)4/h7-8H,1-6H3. The van der Waals surface area contributed by atoms with Crippen molar-refractivity contribution in [2.45, 2.75) is 33.2 Å². The van der Waals surface area contributed by atoms with Crippen LogP contribution in [-0.4, -0.2) is 18.9 Å². The van der Waals surface area contributed by atoms with Crippen LogP contribution in [0.15, 0.2) is 22.0 Å². The van der Waals surface area contributed by atoms with Crippen LogP contribution in [0.5, 0.6) is 0 Å². The number of hydrogen-bond donors (Lipinski definition) is 0. The molecule has 0 saturated carbocycles. The van der Waals surface area contributed by atoms with Gasteiger partial charge in [-0.3, -0.25) is 18.6 Å². The van der Waals surface area contributed by atoms with E-state index < -0.39 is 5.54 Å². The molecule has 0 radical (unpaired) electrons. The highest BCUT2D eigenvalue weighted by Gasteiger charge is 2.23. The predicted octanol–water partition coefficient (Wildman–Crippen LogP) is 1.01. The molecule has 0 saturated heterocycles. The molecule has 2 aromatic rings. The maximum Gasteiger partial charge on any atom is 0.331 e. The summed E-state index contributed by atoms with van der Waals surface area (Å²) in [6, 6.07) is 0. The first-order valence-corrected chi connectivity index (χ1v) is 6.46. The van der Waals surface area contributed by atoms with Crippen LogP contribution in [0.3, 0.4) is 0 Å². The molecule has 0 aliphatic heterocycles. The van der Waals surface area contributed by atoms with E-state index in [0.717, 1.165) is 5.56 Å². The fourth-order valence-corrected chi connectivity index (χ4v) is 2.40. The van der Waals surface area contributed by atoms with Gasteiger partial charge in [0.2, 0.25) is 0 Å². The van der Waals surface area contributed by atoms with E-state index in [4.69, 9.17) is 0 Å². The van der Waals surface area contributed by atoms with Crippen molar-refractivity contribution >= 4 is 0 Å². The van der Waals surface area contributed by atoms with Gasteiger partial charge in [-0.1, -0.05) is 0 Å². The molecular formula is C14H20N4O2. The van der Waals surface area contributed by atoms with Gasteiger partial charge in [0.15, 0.2) is 0 Å². The summed E-state index contributed by atoms with van der Waals surface area (Å²) >= 11 is 0. The Morgan fingerprint density at radius 3 is 2.20 bits per heavy atom. The zero-order chi connectivity index (χ0) is 15.2. The fraction of sp³-hybridized carbons (Fsp3) is 0.500. The lowest BCUT2D eigenvalue weighted by molar-refractivity contribution is 0.357. The number of nitrogens with zero attached hydrogens (tertiary/aromatic N) is 4. The second kappa shape index (κ2) is 4.47. The Morgan fingerprint density at radius 2 is 1.75 bits per heavy atom. The molecule has 20 heavy (non-hydrogen) atoms. The predicted molar refractivity (Wildman–Crippen MR) is 77.9 cm³/mol. The number of aryl methyl sites for hydroxylation is 1. The minimum Gasteiger partial charge on any atom is -0.296 e. The van der Waals surface area contributed by atoms with Crippen molar-refractivity contribution in [3.8, 4) is 11.3 Å². The highest BCUT2D eigenvalue weighted by molar-refractivity contribution is 5.61. The Morgan fingerprint density at radius 1 is 1.15 bits per heavy atom. The molecule has 0 N–H and O–H groups in total. The first kappa shape index (κ1) is 14.3. The van der Waals surface area contributed by atoms with Gasteiger partial charge in [0.05, 0.1) is 11.9 Å². The lowest BCUT2D eigenvalue weighted by Crippen LogP contribution is -2.48. The van der Waals surface area contributed by atoms with E-state index >= 15 is 0 Å². The molecule has 0 spiro atoms. The summed E-state index contributed by atoms with van der Waals surface area (Å²) in [5, 5.41) is 4.10. The molecule has 0 atom stereocenters. The highest BCUT2D eigenvalue weighted by Crippen LogP contribution is 2.19. The van der Waals surface area contributed by atoms with Crippen LogP contribution in [0.2, 0.25) is 0 Å². The Hall–Kier alpha value is -2.11. The smallest absolute Gasteiger partial charge is 0.296 e. The molecule has 0 fully saturated rings. The molecule has 108 valence electrons. The third-order valence-corrected chi connectivity index (χ3v) is 3.34. The van der Waals surface area contributed by atoms with E-state index in [-0.39, 0.29) is 11.2 Å². The summed E-state index contributed by atoms with van der Waals surface area (Å²) in [7, 11) is 3.48. The normalized spacial score (nSPS) is 11.9. The average molecular weight is 276 g/mol. The zero-order valence-electron chi connectivity index (χ0n) is 12.8. The summed E-state index contributed by atoms with van der Waals surface area (Å²) in [6.07, 6.45) is 3.45. The molecule has 2 aromatic heterocycles. The van der Waals surface area contributed by atoms with Gasteiger partial charge in [0.1, 0.15) is 0 Å². The molecule has 6 heteroatoms. The van der Waals surface area contributed by atoms with Crippen LogP contribution >= 0.6 is 0 Å². The molecule has 0 amide bonds. The van der Waals surface area contributed by atoms with E-state index in [1.807, 2.05) is 20.8 Å². The van der Waals surface area contributed by atoms with Crippen molar-refractivity contribution in [3.63, 3.8) is 0 Å². The molecule has 0 bridgehead atoms. The van der Waals surface area contributed by atoms with Gasteiger partial charge in [-0.25, -0.2) is 4.79 Å². The van der Waals surface area contributed by atoms with E-state index in [1.54, 1.807) is 38.1 Å². The molecule has 0 aliphatic rings. The van der Waals surface area contributed by atoms with Gasteiger partial charge < -0.3 is 0 Å². The summed E-state index contributed by atoms with van der Waals surface area (Å²) < 4.78 is 4.45. The van der Waals surface area contributed by atoms with Crippen LogP contribution in [0.4, 0.5) is 0 Å². The molecule has 6 nitrogen and oxygen atoms in total. The molecule has 2 rings (SSSR count). The maximum atomic E-state index is 12.5. The molecule has 2 heterocycles. The number of rotatable bonds is 1. The van der Waals surface area contributed by atoms with Crippen molar-refractivity contribution in [3.05, 3.63) is 38.8 Å². The van der Waals surface area contributed by atoms with Gasteiger partial charge in [-0.05, 0) is 27.7 Å². The second-order valence-electron chi connectivity index (χ2n) is 6.03. The summed E-state index contributed by atoms with van der Waals surface area (Å²) in [5.41, 5.74) is 0.822. The SMILES string of the molecule is Cc1c(-c2cnn(C)c2)n(C)c(=O)n(C(C)(C)C)c1=O. The van der Waals surface area contributed by atoms with E-state index in [1.165, 1.54) is 9.13 Å². The van der Waals surface area contributed by atoms with Gasteiger partial charge in [-0.2, -0.15) is 5.10 Å². The molecule has 0 aliphatic carbocycles. The van der Waals surface area contributed by atoms with Gasteiger partial charge in [0, 0.05) is 37.0 Å². The van der Waals surface area contributed by atoms with Crippen LogP contribution in [0.1, 0.15) is 26.3 Å². The Balaban J connectivity index is 2.89. The fourth-order valence-electron chi connectivity index (χ4n) is 2.40. The molecule has 0 unspecified atom stereocenters. The van der Waals surface area contributed by atoms with Gasteiger partial charge in [0.25, 0.3) is 5.56 Å². The van der Waals surface area contributed by atoms with E-state index in [9.17, 15) is 9.59 Å². The summed E-state index contributed by atoms with van der Waals surface area (Å²) in [4.78, 5) is 25.0. The first-order valence-electron chi connectivity index (χ1n) is 6.46. The van der Waals surface area contributed by atoms with Crippen molar-refractivity contribution in [2.24, 2.45) is 14.1 Å². The Labute approximate surface area is 117 Å². The third-order valence-electron chi connectivity index (χ3n) is 3.34. The number of hydrogen-bond acceptors (Lipinski definition) is 3. The van der Waals surface area contributed by atoms with Crippen molar-refractivity contribution in [2.75, 3.05) is 0 Å². The molecule has 0 aromatic carbocycles. The average Bonchev–Trinajstić information content (AvgIpc) is 2.72. The quantitative estimate of drug-likeness (QED) is 0.781. The summed E-state index contributed by atoms with van der Waals surface area (Å²) in [5.74, 6) is 0. The summed E-state index contributed by atoms with van der Waals surface area (Å²) in [6.45, 7) is 7.28.